The van der Waals surface area contributed by atoms with Crippen LogP contribution in [-0.4, -0.2) is 19.1 Å². The molecule has 1 aliphatic carbocycles. The van der Waals surface area contributed by atoms with Crippen LogP contribution in [0.1, 0.15) is 51.9 Å². The molecule has 3 heteroatoms. The Morgan fingerprint density at radius 3 is 2.50 bits per heavy atom. The summed E-state index contributed by atoms with van der Waals surface area (Å²) in [7, 11) is 0. The highest BCUT2D eigenvalue weighted by molar-refractivity contribution is 5.02. The summed E-state index contributed by atoms with van der Waals surface area (Å²) in [6, 6.07) is 0.550. The summed E-state index contributed by atoms with van der Waals surface area (Å²) in [5.74, 6) is 1.42. The van der Waals surface area contributed by atoms with E-state index >= 15 is 0 Å². The Balaban J connectivity index is 1.77. The number of hydrogen-bond acceptors (Lipinski definition) is 3. The van der Waals surface area contributed by atoms with E-state index in [1.807, 2.05) is 0 Å². The van der Waals surface area contributed by atoms with Crippen LogP contribution in [0.5, 0.6) is 0 Å². The quantitative estimate of drug-likeness (QED) is 0.719. The molecule has 0 aromatic heterocycles. The molecule has 3 nitrogen and oxygen atoms in total. The molecule has 0 radical (unpaired) electrons. The Hall–Kier alpha value is -0.700. The molecule has 1 saturated heterocycles. The highest BCUT2D eigenvalue weighted by atomic mass is 14.9. The molecule has 18 heavy (non-hydrogen) atoms. The summed E-state index contributed by atoms with van der Waals surface area (Å²) in [5, 5.41) is 6.95. The van der Waals surface area contributed by atoms with Crippen molar-refractivity contribution < 1.29 is 0 Å². The number of rotatable bonds is 4. The molecule has 104 valence electrons. The molecule has 4 N–H and O–H groups in total. The molecule has 0 aromatic rings. The van der Waals surface area contributed by atoms with Gasteiger partial charge in [-0.3, -0.25) is 0 Å². The van der Waals surface area contributed by atoms with Crippen molar-refractivity contribution in [2.45, 2.75) is 57.9 Å². The maximum atomic E-state index is 6.21. The highest BCUT2D eigenvalue weighted by Crippen LogP contribution is 2.27. The van der Waals surface area contributed by atoms with Gasteiger partial charge in [-0.15, -0.1) is 0 Å². The van der Waals surface area contributed by atoms with E-state index in [9.17, 15) is 0 Å². The maximum absolute atomic E-state index is 6.21. The van der Waals surface area contributed by atoms with Gasteiger partial charge in [0.25, 0.3) is 0 Å². The van der Waals surface area contributed by atoms with Crippen molar-refractivity contribution in [2.24, 2.45) is 17.6 Å². The van der Waals surface area contributed by atoms with Crippen molar-refractivity contribution in [2.75, 3.05) is 13.1 Å². The first-order chi connectivity index (χ1) is 8.77. The number of hydrogen-bond donors (Lipinski definition) is 3. The molecule has 2 aliphatic rings. The van der Waals surface area contributed by atoms with Crippen LogP contribution in [0.25, 0.3) is 0 Å². The first kappa shape index (κ1) is 13.7. The van der Waals surface area contributed by atoms with Crippen LogP contribution in [0, 0.1) is 11.8 Å². The monoisotopic (exact) mass is 251 g/mol. The highest BCUT2D eigenvalue weighted by Gasteiger charge is 2.20. The normalized spacial score (nSPS) is 25.9. The van der Waals surface area contributed by atoms with Crippen molar-refractivity contribution in [1.29, 1.82) is 0 Å². The SMILES string of the molecule is CC(N/C=C(\N)C1CCCCC1)C1CCNCC1. The fourth-order valence-electron chi connectivity index (χ4n) is 3.26. The van der Waals surface area contributed by atoms with E-state index in [0.717, 1.165) is 11.6 Å². The van der Waals surface area contributed by atoms with Gasteiger partial charge < -0.3 is 16.4 Å². The fourth-order valence-corrected chi connectivity index (χ4v) is 3.26. The molecule has 0 bridgehead atoms. The van der Waals surface area contributed by atoms with Gasteiger partial charge in [-0.1, -0.05) is 19.3 Å². The van der Waals surface area contributed by atoms with Gasteiger partial charge in [0, 0.05) is 17.9 Å². The molecule has 0 spiro atoms. The Morgan fingerprint density at radius 1 is 1.17 bits per heavy atom. The van der Waals surface area contributed by atoms with Crippen LogP contribution in [-0.2, 0) is 0 Å². The van der Waals surface area contributed by atoms with Crippen molar-refractivity contribution in [3.63, 3.8) is 0 Å². The van der Waals surface area contributed by atoms with Crippen molar-refractivity contribution in [3.8, 4) is 0 Å². The van der Waals surface area contributed by atoms with Crippen molar-refractivity contribution in [3.05, 3.63) is 11.9 Å². The minimum atomic E-state index is 0.550. The Morgan fingerprint density at radius 2 is 1.83 bits per heavy atom. The summed E-state index contributed by atoms with van der Waals surface area (Å²) in [4.78, 5) is 0. The van der Waals surface area contributed by atoms with Gasteiger partial charge in [-0.2, -0.15) is 0 Å². The summed E-state index contributed by atoms with van der Waals surface area (Å²) in [5.41, 5.74) is 7.29. The fraction of sp³-hybridized carbons (Fsp3) is 0.867. The first-order valence-corrected chi connectivity index (χ1v) is 7.69. The van der Waals surface area contributed by atoms with Gasteiger partial charge in [-0.05, 0) is 57.5 Å². The van der Waals surface area contributed by atoms with Gasteiger partial charge in [0.15, 0.2) is 0 Å². The average Bonchev–Trinajstić information content (AvgIpc) is 2.46. The Bertz CT molecular complexity index is 263. The van der Waals surface area contributed by atoms with Gasteiger partial charge in [0.1, 0.15) is 0 Å². The van der Waals surface area contributed by atoms with E-state index in [-0.39, 0.29) is 0 Å². The zero-order valence-electron chi connectivity index (χ0n) is 11.8. The van der Waals surface area contributed by atoms with Crippen molar-refractivity contribution >= 4 is 0 Å². The smallest absolute Gasteiger partial charge is 0.0271 e. The van der Waals surface area contributed by atoms with Crippen LogP contribution < -0.4 is 16.4 Å². The van der Waals surface area contributed by atoms with E-state index in [1.165, 1.54) is 58.0 Å². The number of nitrogens with two attached hydrogens (primary N) is 1. The molecule has 1 saturated carbocycles. The number of piperidine rings is 1. The van der Waals surface area contributed by atoms with Gasteiger partial charge >= 0.3 is 0 Å². The second-order valence-electron chi connectivity index (χ2n) is 6.02. The summed E-state index contributed by atoms with van der Waals surface area (Å²) in [6.45, 7) is 4.62. The van der Waals surface area contributed by atoms with Gasteiger partial charge in [0.2, 0.25) is 0 Å². The molecule has 1 atom stereocenters. The third-order valence-electron chi connectivity index (χ3n) is 4.68. The molecular formula is C15H29N3. The minimum Gasteiger partial charge on any atom is -0.401 e. The van der Waals surface area contributed by atoms with E-state index in [1.54, 1.807) is 0 Å². The van der Waals surface area contributed by atoms with Crippen LogP contribution in [0.15, 0.2) is 11.9 Å². The van der Waals surface area contributed by atoms with E-state index in [2.05, 4.69) is 23.8 Å². The van der Waals surface area contributed by atoms with E-state index in [0.29, 0.717) is 12.0 Å². The topological polar surface area (TPSA) is 50.1 Å². The van der Waals surface area contributed by atoms with Crippen LogP contribution >= 0.6 is 0 Å². The summed E-state index contributed by atoms with van der Waals surface area (Å²) < 4.78 is 0. The zero-order chi connectivity index (χ0) is 12.8. The molecule has 1 unspecified atom stereocenters. The molecule has 2 rings (SSSR count). The lowest BCUT2D eigenvalue weighted by Gasteiger charge is -2.29. The zero-order valence-corrected chi connectivity index (χ0v) is 11.8. The minimum absolute atomic E-state index is 0.550. The third-order valence-corrected chi connectivity index (χ3v) is 4.68. The lowest BCUT2D eigenvalue weighted by molar-refractivity contribution is 0.308. The summed E-state index contributed by atoms with van der Waals surface area (Å²) in [6.07, 6.45) is 11.3. The number of nitrogens with one attached hydrogen (secondary N) is 2. The lowest BCUT2D eigenvalue weighted by Crippen LogP contribution is -2.38. The largest absolute Gasteiger partial charge is 0.401 e. The Labute approximate surface area is 112 Å². The number of allylic oxidation sites excluding steroid dienone is 1. The lowest BCUT2D eigenvalue weighted by atomic mass is 9.87. The first-order valence-electron chi connectivity index (χ1n) is 7.69. The molecule has 0 amide bonds. The second kappa shape index (κ2) is 7.03. The molecule has 2 fully saturated rings. The second-order valence-corrected chi connectivity index (χ2v) is 6.02. The van der Waals surface area contributed by atoms with Crippen LogP contribution in [0.3, 0.4) is 0 Å². The maximum Gasteiger partial charge on any atom is 0.0271 e. The predicted octanol–water partition coefficient (Wildman–Crippen LogP) is 2.34. The summed E-state index contributed by atoms with van der Waals surface area (Å²) >= 11 is 0. The van der Waals surface area contributed by atoms with Crippen molar-refractivity contribution in [1.82, 2.24) is 10.6 Å². The third kappa shape index (κ3) is 3.91. The standard InChI is InChI=1S/C15H29N3/c1-12(13-7-9-17-10-8-13)18-11-15(16)14-5-3-2-4-6-14/h11-14,17-18H,2-10,16H2,1H3/b15-11-. The van der Waals surface area contributed by atoms with Crippen LogP contribution in [0.2, 0.25) is 0 Å². The van der Waals surface area contributed by atoms with Gasteiger partial charge in [-0.25, -0.2) is 0 Å². The average molecular weight is 251 g/mol. The van der Waals surface area contributed by atoms with E-state index in [4.69, 9.17) is 5.73 Å². The predicted molar refractivity (Wildman–Crippen MR) is 77.0 cm³/mol. The van der Waals surface area contributed by atoms with E-state index < -0.39 is 0 Å². The van der Waals surface area contributed by atoms with Crippen LogP contribution in [0.4, 0.5) is 0 Å². The molecule has 1 aliphatic heterocycles. The Kier molecular flexibility index (Phi) is 5.36. The van der Waals surface area contributed by atoms with Gasteiger partial charge in [0.05, 0.1) is 0 Å². The molecule has 0 aromatic carbocycles. The molecular weight excluding hydrogens is 222 g/mol. The molecule has 1 heterocycles.